The highest BCUT2D eigenvalue weighted by atomic mass is 16.5. The Morgan fingerprint density at radius 1 is 0.812 bits per heavy atom. The highest BCUT2D eigenvalue weighted by Gasteiger charge is 2.24. The summed E-state index contributed by atoms with van der Waals surface area (Å²) >= 11 is 0. The van der Waals surface area contributed by atoms with E-state index in [1.165, 1.54) is 0 Å². The van der Waals surface area contributed by atoms with Crippen molar-refractivity contribution in [1.82, 2.24) is 20.0 Å². The molecular weight excluding hydrogens is 400 g/mol. The summed E-state index contributed by atoms with van der Waals surface area (Å²) in [6.07, 6.45) is 0. The average Bonchev–Trinajstić information content (AvgIpc) is 3.27. The number of benzene rings is 3. The van der Waals surface area contributed by atoms with Gasteiger partial charge in [-0.2, -0.15) is 5.10 Å². The van der Waals surface area contributed by atoms with Crippen LogP contribution >= 0.6 is 0 Å². The maximum atomic E-state index is 5.82. The van der Waals surface area contributed by atoms with E-state index in [4.69, 9.17) is 14.6 Å². The first-order chi connectivity index (χ1) is 15.8. The van der Waals surface area contributed by atoms with Gasteiger partial charge in [0, 0.05) is 17.2 Å². The van der Waals surface area contributed by atoms with E-state index in [-0.39, 0.29) is 0 Å². The smallest absolute Gasteiger partial charge is 0.262 e. The molecule has 0 atom stereocenters. The van der Waals surface area contributed by atoms with Crippen LogP contribution in [0.2, 0.25) is 0 Å². The van der Waals surface area contributed by atoms with Crippen molar-refractivity contribution in [3.05, 3.63) is 84.9 Å². The molecule has 32 heavy (non-hydrogen) atoms. The van der Waals surface area contributed by atoms with Gasteiger partial charge in [0.2, 0.25) is 0 Å². The molecule has 0 unspecified atom stereocenters. The lowest BCUT2D eigenvalue weighted by Crippen LogP contribution is -2.00. The largest absolute Gasteiger partial charge is 0.497 e. The number of hydrogen-bond acceptors (Lipinski definition) is 5. The van der Waals surface area contributed by atoms with Crippen molar-refractivity contribution in [3.63, 3.8) is 0 Å². The van der Waals surface area contributed by atoms with Crippen molar-refractivity contribution < 1.29 is 9.47 Å². The molecule has 0 aliphatic rings. The molecule has 0 bridgehead atoms. The van der Waals surface area contributed by atoms with E-state index in [2.05, 4.69) is 22.3 Å². The first-order valence-electron chi connectivity index (χ1n) is 10.5. The van der Waals surface area contributed by atoms with Crippen LogP contribution in [-0.4, -0.2) is 33.7 Å². The van der Waals surface area contributed by atoms with Gasteiger partial charge in [0.05, 0.1) is 30.5 Å². The Morgan fingerprint density at radius 2 is 1.53 bits per heavy atom. The molecule has 158 valence electrons. The second-order valence-electron chi connectivity index (χ2n) is 7.20. The van der Waals surface area contributed by atoms with Gasteiger partial charge in [0.25, 0.3) is 5.88 Å². The van der Waals surface area contributed by atoms with Crippen molar-refractivity contribution in [1.29, 1.82) is 0 Å². The number of methoxy groups -OCH3 is 1. The van der Waals surface area contributed by atoms with Gasteiger partial charge in [0.15, 0.2) is 5.52 Å². The third kappa shape index (κ3) is 3.46. The molecule has 0 N–H and O–H groups in total. The zero-order chi connectivity index (χ0) is 21.9. The molecule has 0 saturated carbocycles. The number of ether oxygens (including phenoxy) is 2. The molecule has 0 amide bonds. The highest BCUT2D eigenvalue weighted by Crippen LogP contribution is 2.39. The van der Waals surface area contributed by atoms with E-state index in [9.17, 15) is 0 Å². The molecule has 5 rings (SSSR count). The first-order valence-corrected chi connectivity index (χ1v) is 10.5. The fraction of sp³-hybridized carbons (Fsp3) is 0.115. The molecule has 0 spiro atoms. The summed E-state index contributed by atoms with van der Waals surface area (Å²) in [5.74, 6) is 1.17. The molecule has 0 aliphatic carbocycles. The topological polar surface area (TPSA) is 62.1 Å². The molecule has 3 aromatic carbocycles. The van der Waals surface area contributed by atoms with Crippen LogP contribution in [0, 0.1) is 0 Å². The van der Waals surface area contributed by atoms with E-state index in [0.717, 1.165) is 39.3 Å². The summed E-state index contributed by atoms with van der Waals surface area (Å²) in [5, 5.41) is 14.8. The Hall–Kier alpha value is -4.19. The fourth-order valence-corrected chi connectivity index (χ4v) is 3.81. The van der Waals surface area contributed by atoms with E-state index in [1.54, 1.807) is 7.11 Å². The van der Waals surface area contributed by atoms with Crippen molar-refractivity contribution in [3.8, 4) is 39.8 Å². The van der Waals surface area contributed by atoms with Crippen LogP contribution in [0.4, 0.5) is 0 Å². The lowest BCUT2D eigenvalue weighted by atomic mass is 10.0. The quantitative estimate of drug-likeness (QED) is 0.359. The zero-order valence-electron chi connectivity index (χ0n) is 17.9. The summed E-state index contributed by atoms with van der Waals surface area (Å²) in [5.41, 5.74) is 5.21. The zero-order valence-corrected chi connectivity index (χ0v) is 17.9. The molecule has 6 nitrogen and oxygen atoms in total. The third-order valence-electron chi connectivity index (χ3n) is 5.24. The summed E-state index contributed by atoms with van der Waals surface area (Å²) in [6.45, 7) is 2.40. The van der Waals surface area contributed by atoms with Crippen LogP contribution in [0.25, 0.3) is 39.1 Å². The van der Waals surface area contributed by atoms with Crippen LogP contribution in [0.3, 0.4) is 0 Å². The Kier molecular flexibility index (Phi) is 5.25. The van der Waals surface area contributed by atoms with Crippen LogP contribution in [0.15, 0.2) is 84.9 Å². The van der Waals surface area contributed by atoms with Gasteiger partial charge in [-0.05, 0) is 19.1 Å². The minimum absolute atomic E-state index is 0.418. The van der Waals surface area contributed by atoms with Crippen molar-refractivity contribution >= 4 is 10.9 Å². The van der Waals surface area contributed by atoms with Crippen molar-refractivity contribution in [2.45, 2.75) is 6.92 Å². The second kappa shape index (κ2) is 8.51. The molecule has 0 fully saturated rings. The minimum Gasteiger partial charge on any atom is -0.497 e. The summed E-state index contributed by atoms with van der Waals surface area (Å²) in [6, 6.07) is 28.0. The monoisotopic (exact) mass is 422 g/mol. The van der Waals surface area contributed by atoms with Gasteiger partial charge < -0.3 is 9.47 Å². The summed E-state index contributed by atoms with van der Waals surface area (Å²) in [4.78, 5) is 0. The minimum atomic E-state index is 0.418. The molecule has 2 heterocycles. The predicted molar refractivity (Wildman–Crippen MR) is 125 cm³/mol. The predicted octanol–water partition coefficient (Wildman–Crippen LogP) is 5.56. The second-order valence-corrected chi connectivity index (χ2v) is 7.20. The lowest BCUT2D eigenvalue weighted by Gasteiger charge is -2.11. The van der Waals surface area contributed by atoms with Crippen molar-refractivity contribution in [2.75, 3.05) is 13.7 Å². The van der Waals surface area contributed by atoms with Gasteiger partial charge in [-0.3, -0.25) is 0 Å². The fourth-order valence-electron chi connectivity index (χ4n) is 3.81. The molecule has 0 radical (unpaired) electrons. The van der Waals surface area contributed by atoms with E-state index in [1.807, 2.05) is 84.4 Å². The standard InChI is InChI=1S/C26H22N4O2/c1-3-32-26-24-22(23(27-28-26)18-11-6-4-7-12-18)25(19-13-8-5-9-14-19)30(29-24)20-15-10-16-21(17-20)31-2/h4-17H,3H2,1-2H3. The van der Waals surface area contributed by atoms with E-state index >= 15 is 0 Å². The third-order valence-corrected chi connectivity index (χ3v) is 5.24. The van der Waals surface area contributed by atoms with E-state index < -0.39 is 0 Å². The molecule has 6 heteroatoms. The maximum Gasteiger partial charge on any atom is 0.262 e. The highest BCUT2D eigenvalue weighted by molar-refractivity contribution is 6.04. The van der Waals surface area contributed by atoms with Crippen molar-refractivity contribution in [2.24, 2.45) is 0 Å². The number of hydrogen-bond donors (Lipinski definition) is 0. The molecule has 0 saturated heterocycles. The van der Waals surface area contributed by atoms with E-state index in [0.29, 0.717) is 18.0 Å². The molecule has 5 aromatic rings. The Morgan fingerprint density at radius 3 is 2.22 bits per heavy atom. The van der Waals surface area contributed by atoms with Gasteiger partial charge in [-0.15, -0.1) is 10.2 Å². The molecule has 2 aromatic heterocycles. The normalized spacial score (nSPS) is 10.9. The Balaban J connectivity index is 1.91. The Bertz CT molecular complexity index is 1370. The van der Waals surface area contributed by atoms with Crippen LogP contribution in [0.5, 0.6) is 11.6 Å². The SMILES string of the molecule is CCOc1nnc(-c2ccccc2)c2c(-c3ccccc3)n(-c3cccc(OC)c3)nc12. The van der Waals surface area contributed by atoms with Gasteiger partial charge in [-0.1, -0.05) is 66.7 Å². The van der Waals surface area contributed by atoms with Gasteiger partial charge >= 0.3 is 0 Å². The average molecular weight is 422 g/mol. The summed E-state index contributed by atoms with van der Waals surface area (Å²) < 4.78 is 13.2. The van der Waals surface area contributed by atoms with Crippen LogP contribution in [-0.2, 0) is 0 Å². The number of fused-ring (bicyclic) bond motifs is 1. The molecule has 0 aliphatic heterocycles. The number of nitrogens with zero attached hydrogens (tertiary/aromatic N) is 4. The van der Waals surface area contributed by atoms with Gasteiger partial charge in [-0.25, -0.2) is 4.68 Å². The Labute approximate surface area is 186 Å². The van der Waals surface area contributed by atoms with Gasteiger partial charge in [0.1, 0.15) is 11.4 Å². The first kappa shape index (κ1) is 19.8. The number of aromatic nitrogens is 4. The van der Waals surface area contributed by atoms with Crippen LogP contribution < -0.4 is 9.47 Å². The molecular formula is C26H22N4O2. The number of rotatable bonds is 6. The maximum absolute atomic E-state index is 5.82. The lowest BCUT2D eigenvalue weighted by molar-refractivity contribution is 0.326. The summed E-state index contributed by atoms with van der Waals surface area (Å²) in [7, 11) is 1.66. The van der Waals surface area contributed by atoms with Crippen LogP contribution in [0.1, 0.15) is 6.92 Å².